The molecule has 0 aliphatic heterocycles. The van der Waals surface area contributed by atoms with Gasteiger partial charge in [0.25, 0.3) is 0 Å². The molecule has 16 heavy (non-hydrogen) atoms. The summed E-state index contributed by atoms with van der Waals surface area (Å²) >= 11 is 0. The highest BCUT2D eigenvalue weighted by Crippen LogP contribution is 2.34. The third kappa shape index (κ3) is 3.83. The van der Waals surface area contributed by atoms with Crippen molar-refractivity contribution in [2.75, 3.05) is 0 Å². The Morgan fingerprint density at radius 3 is 2.06 bits per heavy atom. The Morgan fingerprint density at radius 1 is 1.19 bits per heavy atom. The lowest BCUT2D eigenvalue weighted by Crippen LogP contribution is -2.11. The van der Waals surface area contributed by atoms with Gasteiger partial charge in [-0.1, -0.05) is 27.7 Å². The van der Waals surface area contributed by atoms with Gasteiger partial charge in [0.2, 0.25) is 0 Å². The number of aryl methyl sites for hydroxylation is 1. The second kappa shape index (κ2) is 5.87. The molecule has 1 aromatic rings. The third-order valence-corrected chi connectivity index (χ3v) is 2.00. The van der Waals surface area contributed by atoms with Crippen LogP contribution < -0.4 is 0 Å². The van der Waals surface area contributed by atoms with E-state index >= 15 is 0 Å². The van der Waals surface area contributed by atoms with Crippen LogP contribution in [0, 0.1) is 6.92 Å². The van der Waals surface area contributed by atoms with Gasteiger partial charge in [-0.25, -0.2) is 0 Å². The molecule has 0 saturated carbocycles. The van der Waals surface area contributed by atoms with E-state index in [4.69, 9.17) is 0 Å². The molecule has 0 aliphatic rings. The molecular formula is C12H18F3N. The molecule has 1 heterocycles. The number of pyridine rings is 1. The highest BCUT2D eigenvalue weighted by Gasteiger charge is 2.34. The van der Waals surface area contributed by atoms with E-state index in [0.29, 0.717) is 5.69 Å². The van der Waals surface area contributed by atoms with Gasteiger partial charge in [-0.2, -0.15) is 13.2 Å². The number of nitrogens with zero attached hydrogens (tertiary/aromatic N) is 1. The van der Waals surface area contributed by atoms with Gasteiger partial charge in [0.05, 0.1) is 5.56 Å². The van der Waals surface area contributed by atoms with Crippen molar-refractivity contribution >= 4 is 0 Å². The standard InChI is InChI=1S/C10H12F3N.C2H6/c1-6(2)8-5-14-7(3)4-9(8)10(11,12)13;1-2/h4-6H,1-3H3;1-2H3. The van der Waals surface area contributed by atoms with Crippen LogP contribution in [0.3, 0.4) is 0 Å². The Bertz CT molecular complexity index is 330. The smallest absolute Gasteiger partial charge is 0.261 e. The summed E-state index contributed by atoms with van der Waals surface area (Å²) in [7, 11) is 0. The van der Waals surface area contributed by atoms with Crippen LogP contribution in [-0.2, 0) is 6.18 Å². The van der Waals surface area contributed by atoms with E-state index in [2.05, 4.69) is 4.98 Å². The van der Waals surface area contributed by atoms with E-state index in [1.54, 1.807) is 20.8 Å². The van der Waals surface area contributed by atoms with E-state index in [1.807, 2.05) is 13.8 Å². The van der Waals surface area contributed by atoms with Crippen molar-refractivity contribution < 1.29 is 13.2 Å². The van der Waals surface area contributed by atoms with Gasteiger partial charge in [-0.15, -0.1) is 0 Å². The second-order valence-corrected chi connectivity index (χ2v) is 3.57. The maximum absolute atomic E-state index is 12.6. The first-order chi connectivity index (χ1) is 7.32. The molecule has 0 radical (unpaired) electrons. The van der Waals surface area contributed by atoms with Crippen LogP contribution in [0.15, 0.2) is 12.3 Å². The van der Waals surface area contributed by atoms with Crippen LogP contribution in [-0.4, -0.2) is 4.98 Å². The minimum absolute atomic E-state index is 0.167. The van der Waals surface area contributed by atoms with E-state index < -0.39 is 11.7 Å². The van der Waals surface area contributed by atoms with Crippen molar-refractivity contribution in [1.82, 2.24) is 4.98 Å². The highest BCUT2D eigenvalue weighted by molar-refractivity contribution is 5.31. The van der Waals surface area contributed by atoms with Gasteiger partial charge in [-0.3, -0.25) is 4.98 Å². The number of hydrogen-bond acceptors (Lipinski definition) is 1. The third-order valence-electron chi connectivity index (χ3n) is 2.00. The summed E-state index contributed by atoms with van der Waals surface area (Å²) in [6, 6.07) is 1.09. The first-order valence-electron chi connectivity index (χ1n) is 5.36. The number of rotatable bonds is 1. The first kappa shape index (κ1) is 14.9. The first-order valence-corrected chi connectivity index (χ1v) is 5.36. The molecule has 0 N–H and O–H groups in total. The van der Waals surface area contributed by atoms with Crippen LogP contribution in [0.25, 0.3) is 0 Å². The molecule has 4 heteroatoms. The summed E-state index contributed by atoms with van der Waals surface area (Å²) in [5.41, 5.74) is 0.0739. The molecule has 0 amide bonds. The predicted octanol–water partition coefficient (Wildman–Crippen LogP) is 4.56. The molecule has 1 rings (SSSR count). The number of alkyl halides is 3. The number of hydrogen-bond donors (Lipinski definition) is 0. The Kier molecular flexibility index (Phi) is 5.48. The Morgan fingerprint density at radius 2 is 1.69 bits per heavy atom. The number of aromatic nitrogens is 1. The van der Waals surface area contributed by atoms with E-state index in [0.717, 1.165) is 6.07 Å². The van der Waals surface area contributed by atoms with E-state index in [9.17, 15) is 13.2 Å². The summed E-state index contributed by atoms with van der Waals surface area (Å²) in [5.74, 6) is -0.167. The van der Waals surface area contributed by atoms with Crippen molar-refractivity contribution in [2.24, 2.45) is 0 Å². The summed E-state index contributed by atoms with van der Waals surface area (Å²) in [5, 5.41) is 0. The fourth-order valence-electron chi connectivity index (χ4n) is 1.28. The predicted molar refractivity (Wildman–Crippen MR) is 59.4 cm³/mol. The molecule has 0 atom stereocenters. The fraction of sp³-hybridized carbons (Fsp3) is 0.583. The lowest BCUT2D eigenvalue weighted by atomic mass is 9.98. The van der Waals surface area contributed by atoms with Crippen molar-refractivity contribution in [2.45, 2.75) is 46.7 Å². The normalized spacial score (nSPS) is 11.1. The molecule has 1 aromatic heterocycles. The fourth-order valence-corrected chi connectivity index (χ4v) is 1.28. The molecule has 0 fully saturated rings. The molecule has 0 bridgehead atoms. The minimum atomic E-state index is -4.28. The quantitative estimate of drug-likeness (QED) is 0.693. The summed E-state index contributed by atoms with van der Waals surface area (Å²) < 4.78 is 37.7. The minimum Gasteiger partial charge on any atom is -0.261 e. The lowest BCUT2D eigenvalue weighted by molar-refractivity contribution is -0.138. The molecule has 0 saturated heterocycles. The number of halogens is 3. The van der Waals surface area contributed by atoms with E-state index in [-0.39, 0.29) is 11.5 Å². The second-order valence-electron chi connectivity index (χ2n) is 3.57. The van der Waals surface area contributed by atoms with Crippen LogP contribution in [0.2, 0.25) is 0 Å². The molecule has 0 aromatic carbocycles. The van der Waals surface area contributed by atoms with Gasteiger partial charge < -0.3 is 0 Å². The zero-order chi connectivity index (χ0) is 12.9. The molecule has 92 valence electrons. The van der Waals surface area contributed by atoms with Gasteiger partial charge in [0.15, 0.2) is 0 Å². The van der Waals surface area contributed by atoms with Gasteiger partial charge in [0, 0.05) is 11.9 Å². The summed E-state index contributed by atoms with van der Waals surface area (Å²) in [4.78, 5) is 3.87. The summed E-state index contributed by atoms with van der Waals surface area (Å²) in [6.45, 7) is 9.00. The molecule has 1 nitrogen and oxygen atoms in total. The van der Waals surface area contributed by atoms with Crippen LogP contribution in [0.4, 0.5) is 13.2 Å². The lowest BCUT2D eigenvalue weighted by Gasteiger charge is -2.15. The monoisotopic (exact) mass is 233 g/mol. The summed E-state index contributed by atoms with van der Waals surface area (Å²) in [6.07, 6.45) is -2.98. The highest BCUT2D eigenvalue weighted by atomic mass is 19.4. The Balaban J connectivity index is 0.00000106. The maximum atomic E-state index is 12.6. The van der Waals surface area contributed by atoms with Crippen molar-refractivity contribution in [1.29, 1.82) is 0 Å². The SMILES string of the molecule is CC.Cc1cc(C(F)(F)F)c(C(C)C)cn1. The Labute approximate surface area is 94.7 Å². The van der Waals surface area contributed by atoms with Crippen LogP contribution >= 0.6 is 0 Å². The largest absolute Gasteiger partial charge is 0.416 e. The molecule has 0 spiro atoms. The van der Waals surface area contributed by atoms with Crippen molar-refractivity contribution in [3.8, 4) is 0 Å². The van der Waals surface area contributed by atoms with Crippen molar-refractivity contribution in [3.05, 3.63) is 29.1 Å². The Hall–Kier alpha value is -1.06. The molecular weight excluding hydrogens is 215 g/mol. The average molecular weight is 233 g/mol. The van der Waals surface area contributed by atoms with E-state index in [1.165, 1.54) is 6.20 Å². The topological polar surface area (TPSA) is 12.9 Å². The zero-order valence-corrected chi connectivity index (χ0v) is 10.3. The van der Waals surface area contributed by atoms with Crippen molar-refractivity contribution in [3.63, 3.8) is 0 Å². The van der Waals surface area contributed by atoms with Crippen LogP contribution in [0.1, 0.15) is 50.4 Å². The van der Waals surface area contributed by atoms with Crippen LogP contribution in [0.5, 0.6) is 0 Å². The van der Waals surface area contributed by atoms with Gasteiger partial charge in [0.1, 0.15) is 0 Å². The molecule has 0 unspecified atom stereocenters. The maximum Gasteiger partial charge on any atom is 0.416 e. The van der Waals surface area contributed by atoms with Gasteiger partial charge in [-0.05, 0) is 24.5 Å². The van der Waals surface area contributed by atoms with Gasteiger partial charge >= 0.3 is 6.18 Å². The average Bonchev–Trinajstić information content (AvgIpc) is 2.19. The zero-order valence-electron chi connectivity index (χ0n) is 10.3. The molecule has 0 aliphatic carbocycles.